The Morgan fingerprint density at radius 3 is 2.65 bits per heavy atom. The van der Waals surface area contributed by atoms with Crippen molar-refractivity contribution >= 4 is 27.5 Å². The maximum atomic E-state index is 12.3. The van der Waals surface area contributed by atoms with Gasteiger partial charge in [-0.2, -0.15) is 0 Å². The highest BCUT2D eigenvalue weighted by Gasteiger charge is 2.43. The average molecular weight is 325 g/mol. The number of carbonyl (C=O) groups excluding carboxylic acids is 1. The van der Waals surface area contributed by atoms with Crippen molar-refractivity contribution in [3.8, 4) is 0 Å². The normalized spacial score (nSPS) is 23.3. The first kappa shape index (κ1) is 14.2. The van der Waals surface area contributed by atoms with Gasteiger partial charge in [0, 0.05) is 17.0 Å². The summed E-state index contributed by atoms with van der Waals surface area (Å²) >= 11 is 0. The lowest BCUT2D eigenvalue weighted by atomic mass is 10.1. The molecule has 0 saturated heterocycles. The number of nitrogens with one attached hydrogen (secondary N) is 1. The fraction of sp³-hybridized carbons (Fsp3) is 0.167. The van der Waals surface area contributed by atoms with E-state index in [1.54, 1.807) is 18.2 Å². The van der Waals surface area contributed by atoms with E-state index in [1.165, 1.54) is 17.0 Å². The van der Waals surface area contributed by atoms with Gasteiger partial charge in [-0.3, -0.25) is 4.79 Å². The first-order chi connectivity index (χ1) is 11.0. The number of hydrogen-bond acceptors (Lipinski definition) is 3. The predicted molar refractivity (Wildman–Crippen MR) is 88.6 cm³/mol. The van der Waals surface area contributed by atoms with Crippen molar-refractivity contribution in [2.45, 2.75) is 17.2 Å². The minimum atomic E-state index is -3.35. The number of hydrogen-bond donors (Lipinski definition) is 1. The number of fused-ring (bicyclic) bond motifs is 1. The van der Waals surface area contributed by atoms with E-state index in [2.05, 4.69) is 5.32 Å². The Hall–Kier alpha value is -2.40. The van der Waals surface area contributed by atoms with Crippen molar-refractivity contribution in [1.29, 1.82) is 0 Å². The van der Waals surface area contributed by atoms with E-state index in [0.717, 1.165) is 6.42 Å². The van der Waals surface area contributed by atoms with Gasteiger partial charge in [0.25, 0.3) is 0 Å². The Bertz CT molecular complexity index is 917. The molecule has 1 heterocycles. The summed E-state index contributed by atoms with van der Waals surface area (Å²) < 4.78 is 23.7. The largest absolute Gasteiger partial charge is 0.326 e. The summed E-state index contributed by atoms with van der Waals surface area (Å²) in [5, 5.41) is 4.03. The van der Waals surface area contributed by atoms with Crippen molar-refractivity contribution in [3.05, 3.63) is 65.1 Å². The fourth-order valence-corrected chi connectivity index (χ4v) is 4.25. The predicted octanol–water partition coefficient (Wildman–Crippen LogP) is 3.19. The Labute approximate surface area is 134 Å². The second-order valence-corrected chi connectivity index (χ2v) is 7.75. The maximum absolute atomic E-state index is 12.3. The topological polar surface area (TPSA) is 63.2 Å². The maximum Gasteiger partial charge on any atom is 0.228 e. The Morgan fingerprint density at radius 1 is 1.09 bits per heavy atom. The summed E-state index contributed by atoms with van der Waals surface area (Å²) in [7, 11) is -3.35. The lowest BCUT2D eigenvalue weighted by Crippen LogP contribution is -2.14. The molecule has 4 nitrogen and oxygen atoms in total. The summed E-state index contributed by atoms with van der Waals surface area (Å²) in [5.74, 6) is 0.165. The van der Waals surface area contributed by atoms with Gasteiger partial charge in [0.15, 0.2) is 0 Å². The van der Waals surface area contributed by atoms with Gasteiger partial charge in [-0.15, -0.1) is 0 Å². The minimum absolute atomic E-state index is 0.0413. The number of rotatable bonds is 3. The summed E-state index contributed by atoms with van der Waals surface area (Å²) in [6.07, 6.45) is 2.41. The smallest absolute Gasteiger partial charge is 0.228 e. The van der Waals surface area contributed by atoms with Gasteiger partial charge in [0.2, 0.25) is 15.7 Å². The van der Waals surface area contributed by atoms with Crippen LogP contribution in [0.2, 0.25) is 0 Å². The highest BCUT2D eigenvalue weighted by molar-refractivity contribution is 7.94. The molecule has 1 fully saturated rings. The molecular formula is C18H15NO3S. The Kier molecular flexibility index (Phi) is 3.13. The van der Waals surface area contributed by atoms with Crippen molar-refractivity contribution in [1.82, 2.24) is 0 Å². The van der Waals surface area contributed by atoms with E-state index < -0.39 is 9.84 Å². The van der Waals surface area contributed by atoms with Crippen LogP contribution in [0.4, 0.5) is 5.69 Å². The molecule has 1 aliphatic heterocycles. The lowest BCUT2D eigenvalue weighted by molar-refractivity contribution is -0.117. The number of carbonyl (C=O) groups is 1. The van der Waals surface area contributed by atoms with Gasteiger partial charge in [0.05, 0.1) is 4.90 Å². The summed E-state index contributed by atoms with van der Waals surface area (Å²) in [6, 6.07) is 15.0. The second kappa shape index (κ2) is 5.06. The van der Waals surface area contributed by atoms with Crippen LogP contribution >= 0.6 is 0 Å². The quantitative estimate of drug-likeness (QED) is 0.942. The van der Waals surface area contributed by atoms with Crippen LogP contribution in [0.15, 0.2) is 58.8 Å². The molecule has 0 spiro atoms. The van der Waals surface area contributed by atoms with Gasteiger partial charge in [0.1, 0.15) is 0 Å². The average Bonchev–Trinajstić information content (AvgIpc) is 3.30. The Morgan fingerprint density at radius 2 is 1.87 bits per heavy atom. The molecule has 2 aliphatic rings. The molecule has 23 heavy (non-hydrogen) atoms. The number of benzene rings is 2. The van der Waals surface area contributed by atoms with E-state index in [-0.39, 0.29) is 22.6 Å². The first-order valence-electron chi connectivity index (χ1n) is 7.48. The molecule has 1 saturated carbocycles. The molecular weight excluding hydrogens is 310 g/mol. The number of amides is 1. The third-order valence-corrected chi connectivity index (χ3v) is 5.83. The molecule has 0 aromatic heterocycles. The Balaban J connectivity index is 1.49. The van der Waals surface area contributed by atoms with Gasteiger partial charge in [-0.05, 0) is 41.7 Å². The summed E-state index contributed by atoms with van der Waals surface area (Å²) in [6.45, 7) is 0. The van der Waals surface area contributed by atoms with Crippen LogP contribution in [0.1, 0.15) is 23.5 Å². The van der Waals surface area contributed by atoms with E-state index in [4.69, 9.17) is 0 Å². The molecule has 1 N–H and O–H groups in total. The first-order valence-corrected chi connectivity index (χ1v) is 9.02. The summed E-state index contributed by atoms with van der Waals surface area (Å²) in [5.41, 5.74) is 2.37. The molecule has 0 radical (unpaired) electrons. The summed E-state index contributed by atoms with van der Waals surface area (Å²) in [4.78, 5) is 12.6. The van der Waals surface area contributed by atoms with E-state index in [9.17, 15) is 13.2 Å². The highest BCUT2D eigenvalue weighted by atomic mass is 32.2. The second-order valence-electron chi connectivity index (χ2n) is 5.95. The van der Waals surface area contributed by atoms with Crippen LogP contribution in [0, 0.1) is 5.92 Å². The molecule has 1 aliphatic carbocycles. The standard InChI is InChI=1S/C18H15NO3S/c20-18(16-11-15(16)12-4-2-1-3-5-12)19-14-7-6-13-8-9-23(21,22)17(13)10-14/h1-10,15-16H,11H2,(H,19,20). The van der Waals surface area contributed by atoms with Gasteiger partial charge >= 0.3 is 0 Å². The van der Waals surface area contributed by atoms with Gasteiger partial charge in [-0.25, -0.2) is 8.42 Å². The molecule has 2 unspecified atom stereocenters. The van der Waals surface area contributed by atoms with Crippen LogP contribution in [0.25, 0.3) is 6.08 Å². The van der Waals surface area contributed by atoms with Crippen LogP contribution in [-0.4, -0.2) is 14.3 Å². The zero-order valence-corrected chi connectivity index (χ0v) is 13.1. The van der Waals surface area contributed by atoms with Crippen molar-refractivity contribution in [2.75, 3.05) is 5.32 Å². The van der Waals surface area contributed by atoms with Crippen molar-refractivity contribution in [3.63, 3.8) is 0 Å². The lowest BCUT2D eigenvalue weighted by Gasteiger charge is -2.07. The van der Waals surface area contributed by atoms with Gasteiger partial charge in [-0.1, -0.05) is 36.4 Å². The zero-order valence-electron chi connectivity index (χ0n) is 12.3. The fourth-order valence-electron chi connectivity index (χ4n) is 3.02. The molecule has 2 aromatic rings. The molecule has 5 heteroatoms. The molecule has 2 atom stereocenters. The highest BCUT2D eigenvalue weighted by Crippen LogP contribution is 2.48. The van der Waals surface area contributed by atoms with Crippen LogP contribution < -0.4 is 5.32 Å². The van der Waals surface area contributed by atoms with E-state index >= 15 is 0 Å². The molecule has 2 aromatic carbocycles. The van der Waals surface area contributed by atoms with Crippen LogP contribution in [0.3, 0.4) is 0 Å². The SMILES string of the molecule is O=C(Nc1ccc2c(c1)S(=O)(=O)C=C2)C1CC1c1ccccc1. The van der Waals surface area contributed by atoms with Crippen LogP contribution in [-0.2, 0) is 14.6 Å². The third kappa shape index (κ3) is 2.57. The minimum Gasteiger partial charge on any atom is -0.326 e. The van der Waals surface area contributed by atoms with Crippen LogP contribution in [0.5, 0.6) is 0 Å². The molecule has 0 bridgehead atoms. The monoisotopic (exact) mass is 325 g/mol. The third-order valence-electron chi connectivity index (χ3n) is 4.37. The van der Waals surface area contributed by atoms with Crippen molar-refractivity contribution < 1.29 is 13.2 Å². The molecule has 116 valence electrons. The molecule has 4 rings (SSSR count). The van der Waals surface area contributed by atoms with E-state index in [0.29, 0.717) is 11.3 Å². The number of sulfone groups is 1. The zero-order chi connectivity index (χ0) is 16.0. The van der Waals surface area contributed by atoms with Gasteiger partial charge < -0.3 is 5.32 Å². The van der Waals surface area contributed by atoms with E-state index in [1.807, 2.05) is 30.3 Å². The molecule has 1 amide bonds. The van der Waals surface area contributed by atoms with Crippen molar-refractivity contribution in [2.24, 2.45) is 5.92 Å². The number of anilines is 1.